The molecule has 3 aromatic rings. The summed E-state index contributed by atoms with van der Waals surface area (Å²) in [4.78, 5) is 17.2. The van der Waals surface area contributed by atoms with E-state index in [4.69, 9.17) is 5.73 Å². The van der Waals surface area contributed by atoms with Crippen LogP contribution in [0.15, 0.2) is 36.7 Å². The van der Waals surface area contributed by atoms with Crippen molar-refractivity contribution in [3.63, 3.8) is 0 Å². The maximum Gasteiger partial charge on any atom is 0.259 e. The van der Waals surface area contributed by atoms with E-state index in [0.717, 1.165) is 17.5 Å². The number of hydrogen-bond donors (Lipinski definition) is 2. The fourth-order valence-corrected chi connectivity index (χ4v) is 3.45. The van der Waals surface area contributed by atoms with Gasteiger partial charge in [-0.15, -0.1) is 10.2 Å². The number of rotatable bonds is 5. The molecule has 2 atom stereocenters. The molecule has 7 nitrogen and oxygen atoms in total. The van der Waals surface area contributed by atoms with Crippen molar-refractivity contribution in [3.8, 4) is 11.5 Å². The van der Waals surface area contributed by atoms with E-state index < -0.39 is 11.7 Å². The quantitative estimate of drug-likeness (QED) is 0.691. The number of aryl methyl sites for hydroxylation is 1. The van der Waals surface area contributed by atoms with E-state index in [1.54, 1.807) is 30.6 Å². The Hall–Kier alpha value is -3.13. The largest absolute Gasteiger partial charge is 0.327 e. The van der Waals surface area contributed by atoms with Crippen LogP contribution in [0.5, 0.6) is 0 Å². The number of pyridine rings is 1. The van der Waals surface area contributed by atoms with Gasteiger partial charge in [0, 0.05) is 18.0 Å². The summed E-state index contributed by atoms with van der Waals surface area (Å²) in [6.07, 6.45) is 2.49. The first-order valence-corrected chi connectivity index (χ1v) is 9.59. The van der Waals surface area contributed by atoms with E-state index in [9.17, 15) is 9.18 Å². The number of carbonyl (C=O) groups excluding carboxylic acids is 1. The van der Waals surface area contributed by atoms with Crippen LogP contribution >= 0.6 is 0 Å². The summed E-state index contributed by atoms with van der Waals surface area (Å²) in [5, 5.41) is 10.8. The maximum absolute atomic E-state index is 14.5. The first-order chi connectivity index (χ1) is 13.8. The first kappa shape index (κ1) is 19.2. The van der Waals surface area contributed by atoms with E-state index in [1.165, 1.54) is 6.07 Å². The molecule has 1 amide bonds. The lowest BCUT2D eigenvalue weighted by Crippen LogP contribution is -2.16. The van der Waals surface area contributed by atoms with Crippen LogP contribution in [-0.2, 0) is 0 Å². The highest BCUT2D eigenvalue weighted by molar-refractivity contribution is 6.04. The van der Waals surface area contributed by atoms with Crippen LogP contribution in [0.3, 0.4) is 0 Å². The zero-order chi connectivity index (χ0) is 20.7. The Bertz CT molecular complexity index is 1080. The van der Waals surface area contributed by atoms with Crippen LogP contribution < -0.4 is 11.1 Å². The molecule has 0 aliphatic heterocycles. The molecule has 2 unspecified atom stereocenters. The summed E-state index contributed by atoms with van der Waals surface area (Å²) in [5.41, 5.74) is 8.23. The van der Waals surface area contributed by atoms with Crippen LogP contribution in [0.2, 0.25) is 0 Å². The third-order valence-corrected chi connectivity index (χ3v) is 5.19. The Morgan fingerprint density at radius 3 is 2.79 bits per heavy atom. The fourth-order valence-electron chi connectivity index (χ4n) is 3.45. The second kappa shape index (κ2) is 7.36. The number of carbonyl (C=O) groups is 1. The van der Waals surface area contributed by atoms with Crippen LogP contribution in [0.25, 0.3) is 11.5 Å². The summed E-state index contributed by atoms with van der Waals surface area (Å²) in [7, 11) is 0. The van der Waals surface area contributed by atoms with E-state index in [1.807, 2.05) is 25.3 Å². The number of hydrogen-bond acceptors (Lipinski definition) is 5. The monoisotopic (exact) mass is 394 g/mol. The highest BCUT2D eigenvalue weighted by Crippen LogP contribution is 2.41. The molecule has 0 bridgehead atoms. The molecule has 1 fully saturated rings. The van der Waals surface area contributed by atoms with Gasteiger partial charge in [0.25, 0.3) is 5.91 Å². The predicted octanol–water partition coefficient (Wildman–Crippen LogP) is 3.44. The van der Waals surface area contributed by atoms with E-state index in [-0.39, 0.29) is 23.6 Å². The highest BCUT2D eigenvalue weighted by atomic mass is 19.1. The van der Waals surface area contributed by atoms with Gasteiger partial charge in [0.2, 0.25) is 0 Å². The predicted molar refractivity (Wildman–Crippen MR) is 108 cm³/mol. The van der Waals surface area contributed by atoms with Crippen LogP contribution in [0, 0.1) is 12.7 Å². The lowest BCUT2D eigenvalue weighted by Gasteiger charge is -2.12. The second-order valence-electron chi connectivity index (χ2n) is 7.71. The zero-order valence-corrected chi connectivity index (χ0v) is 16.6. The van der Waals surface area contributed by atoms with Gasteiger partial charge in [-0.2, -0.15) is 0 Å². The number of aromatic nitrogens is 4. The van der Waals surface area contributed by atoms with Gasteiger partial charge in [-0.05, 0) is 62.6 Å². The lowest BCUT2D eigenvalue weighted by atomic mass is 10.00. The molecule has 2 aromatic heterocycles. The van der Waals surface area contributed by atoms with E-state index >= 15 is 0 Å². The highest BCUT2D eigenvalue weighted by Gasteiger charge is 2.36. The number of nitrogens with two attached hydrogens (primary N) is 1. The molecule has 29 heavy (non-hydrogen) atoms. The fraction of sp³-hybridized carbons (Fsp3) is 0.333. The molecule has 3 N–H and O–H groups in total. The van der Waals surface area contributed by atoms with Crippen molar-refractivity contribution in [2.45, 2.75) is 45.2 Å². The summed E-state index contributed by atoms with van der Waals surface area (Å²) < 4.78 is 16.4. The van der Waals surface area contributed by atoms with Gasteiger partial charge in [0.1, 0.15) is 23.7 Å². The molecule has 2 heterocycles. The normalized spacial score (nSPS) is 18.1. The van der Waals surface area contributed by atoms with Crippen molar-refractivity contribution in [1.29, 1.82) is 0 Å². The van der Waals surface area contributed by atoms with Crippen LogP contribution in [-0.4, -0.2) is 31.7 Å². The van der Waals surface area contributed by atoms with E-state index in [0.29, 0.717) is 17.3 Å². The first-order valence-electron chi connectivity index (χ1n) is 9.59. The maximum atomic E-state index is 14.5. The molecule has 1 aromatic carbocycles. The Kier molecular flexibility index (Phi) is 4.87. The van der Waals surface area contributed by atoms with Crippen molar-refractivity contribution in [3.05, 3.63) is 59.2 Å². The number of nitrogens with one attached hydrogen (secondary N) is 1. The zero-order valence-electron chi connectivity index (χ0n) is 16.6. The summed E-state index contributed by atoms with van der Waals surface area (Å²) in [5.74, 6) is -0.00861. The third-order valence-electron chi connectivity index (χ3n) is 5.19. The van der Waals surface area contributed by atoms with Gasteiger partial charge in [-0.1, -0.05) is 6.07 Å². The molecule has 1 saturated carbocycles. The molecule has 0 radical (unpaired) electrons. The average Bonchev–Trinajstić information content (AvgIpc) is 3.18. The summed E-state index contributed by atoms with van der Waals surface area (Å²) >= 11 is 0. The molecule has 0 spiro atoms. The molecule has 1 aliphatic rings. The Balaban J connectivity index is 1.60. The minimum absolute atomic E-state index is 0.0118. The summed E-state index contributed by atoms with van der Waals surface area (Å²) in [6.45, 7) is 5.87. The molecule has 150 valence electrons. The standard InChI is InChI=1S/C21H23FN6O/c1-11(2)28-10-24-27-20(28)18-5-4-6-19(25-18)26-21(29)15-8-13(14-9-17(14)23)12(3)7-16(15)22/h4-8,10-11,14,17H,9,23H2,1-3H3,(H,25,26,29). The summed E-state index contributed by atoms with van der Waals surface area (Å²) in [6, 6.07) is 8.44. The number of halogens is 1. The Morgan fingerprint density at radius 1 is 1.34 bits per heavy atom. The number of benzene rings is 1. The molecule has 4 rings (SSSR count). The van der Waals surface area contributed by atoms with E-state index in [2.05, 4.69) is 20.5 Å². The SMILES string of the molecule is Cc1cc(F)c(C(=O)Nc2cccc(-c3nncn3C(C)C)n2)cc1C1CC1N. The smallest absolute Gasteiger partial charge is 0.259 e. The van der Waals surface area contributed by atoms with Gasteiger partial charge in [0.15, 0.2) is 5.82 Å². The van der Waals surface area contributed by atoms with Gasteiger partial charge in [0.05, 0.1) is 5.56 Å². The van der Waals surface area contributed by atoms with Crippen LogP contribution in [0.1, 0.15) is 53.7 Å². The van der Waals surface area contributed by atoms with Gasteiger partial charge < -0.3 is 15.6 Å². The van der Waals surface area contributed by atoms with Crippen molar-refractivity contribution >= 4 is 11.7 Å². The second-order valence-corrected chi connectivity index (χ2v) is 7.71. The number of anilines is 1. The van der Waals surface area contributed by atoms with Gasteiger partial charge >= 0.3 is 0 Å². The molecular weight excluding hydrogens is 371 g/mol. The van der Waals surface area contributed by atoms with Crippen molar-refractivity contribution in [2.24, 2.45) is 5.73 Å². The Morgan fingerprint density at radius 2 is 2.10 bits per heavy atom. The lowest BCUT2D eigenvalue weighted by molar-refractivity contribution is 0.102. The third kappa shape index (κ3) is 3.75. The number of amides is 1. The minimum atomic E-state index is -0.561. The topological polar surface area (TPSA) is 98.7 Å². The molecule has 0 saturated heterocycles. The molecular formula is C21H23FN6O. The minimum Gasteiger partial charge on any atom is -0.327 e. The van der Waals surface area contributed by atoms with Crippen molar-refractivity contribution < 1.29 is 9.18 Å². The van der Waals surface area contributed by atoms with Gasteiger partial charge in [-0.3, -0.25) is 4.79 Å². The molecule has 8 heteroatoms. The van der Waals surface area contributed by atoms with Crippen LogP contribution in [0.4, 0.5) is 10.2 Å². The van der Waals surface area contributed by atoms with Crippen molar-refractivity contribution in [1.82, 2.24) is 19.7 Å². The molecule has 1 aliphatic carbocycles. The number of nitrogens with zero attached hydrogens (tertiary/aromatic N) is 4. The average molecular weight is 394 g/mol. The van der Waals surface area contributed by atoms with Gasteiger partial charge in [-0.25, -0.2) is 9.37 Å². The van der Waals surface area contributed by atoms with Crippen molar-refractivity contribution in [2.75, 3.05) is 5.32 Å². The Labute approximate surface area is 168 Å².